The normalized spacial score (nSPS) is 17.9. The molecule has 2 heteroatoms. The molecule has 2 N–H and O–H groups in total. The molecule has 2 heterocycles. The second kappa shape index (κ2) is 5.49. The van der Waals surface area contributed by atoms with E-state index in [1.54, 1.807) is 0 Å². The summed E-state index contributed by atoms with van der Waals surface area (Å²) in [6, 6.07) is 16.1. The zero-order valence-corrected chi connectivity index (χ0v) is 15.0. The highest BCUT2D eigenvalue weighted by Crippen LogP contribution is 2.34. The molecule has 1 aliphatic heterocycles. The third-order valence-corrected chi connectivity index (χ3v) is 5.22. The molecule has 0 fully saturated rings. The van der Waals surface area contributed by atoms with E-state index in [0.29, 0.717) is 0 Å². The van der Waals surface area contributed by atoms with Crippen molar-refractivity contribution < 1.29 is 0 Å². The minimum atomic E-state index is 0.197. The largest absolute Gasteiger partial charge is 0.357 e. The van der Waals surface area contributed by atoms with Gasteiger partial charge in [0, 0.05) is 23.1 Å². The van der Waals surface area contributed by atoms with Crippen molar-refractivity contribution in [2.45, 2.75) is 45.6 Å². The fraction of sp³-hybridized carbons (Fsp3) is 0.364. The first-order valence-electron chi connectivity index (χ1n) is 8.88. The van der Waals surface area contributed by atoms with Gasteiger partial charge in [-0.2, -0.15) is 0 Å². The molecule has 0 saturated heterocycles. The van der Waals surface area contributed by atoms with E-state index >= 15 is 0 Å². The summed E-state index contributed by atoms with van der Waals surface area (Å²) < 4.78 is 0. The van der Waals surface area contributed by atoms with Gasteiger partial charge >= 0.3 is 0 Å². The Morgan fingerprint density at radius 1 is 1.00 bits per heavy atom. The number of hydrogen-bond acceptors (Lipinski definition) is 1. The summed E-state index contributed by atoms with van der Waals surface area (Å²) in [6.07, 6.45) is 1.09. The lowest BCUT2D eigenvalue weighted by molar-refractivity contribution is 0.557. The smallest absolute Gasteiger partial charge is 0.0732 e. The Labute approximate surface area is 144 Å². The number of hydrogen-bond donors (Lipinski definition) is 2. The molecule has 0 radical (unpaired) electrons. The van der Waals surface area contributed by atoms with Gasteiger partial charge in [0.15, 0.2) is 0 Å². The first-order chi connectivity index (χ1) is 11.4. The number of rotatable bonds is 1. The summed E-state index contributed by atoms with van der Waals surface area (Å²) in [7, 11) is 0. The van der Waals surface area contributed by atoms with Crippen LogP contribution in [0.3, 0.4) is 0 Å². The first kappa shape index (κ1) is 15.5. The van der Waals surface area contributed by atoms with Crippen molar-refractivity contribution in [3.8, 4) is 0 Å². The number of aromatic amines is 1. The molecule has 2 aromatic carbocycles. The van der Waals surface area contributed by atoms with Crippen molar-refractivity contribution >= 4 is 10.9 Å². The number of benzene rings is 2. The summed E-state index contributed by atoms with van der Waals surface area (Å²) in [4.78, 5) is 3.67. The van der Waals surface area contributed by atoms with Crippen molar-refractivity contribution in [1.29, 1.82) is 0 Å². The second-order valence-electron chi connectivity index (χ2n) is 8.08. The van der Waals surface area contributed by atoms with E-state index in [0.717, 1.165) is 13.0 Å². The minimum Gasteiger partial charge on any atom is -0.357 e. The summed E-state index contributed by atoms with van der Waals surface area (Å²) in [5.41, 5.74) is 8.33. The maximum Gasteiger partial charge on any atom is 0.0732 e. The van der Waals surface area contributed by atoms with Crippen LogP contribution in [-0.2, 0) is 11.8 Å². The van der Waals surface area contributed by atoms with Crippen LogP contribution in [0.15, 0.2) is 42.5 Å². The van der Waals surface area contributed by atoms with Gasteiger partial charge in [0.25, 0.3) is 0 Å². The zero-order chi connectivity index (χ0) is 16.9. The predicted octanol–water partition coefficient (Wildman–Crippen LogP) is 5.01. The quantitative estimate of drug-likeness (QED) is 0.648. The predicted molar refractivity (Wildman–Crippen MR) is 102 cm³/mol. The monoisotopic (exact) mass is 318 g/mol. The molecule has 1 atom stereocenters. The van der Waals surface area contributed by atoms with Gasteiger partial charge in [0.2, 0.25) is 0 Å². The molecule has 0 spiro atoms. The van der Waals surface area contributed by atoms with Crippen LogP contribution in [0.25, 0.3) is 10.9 Å². The molecule has 124 valence electrons. The summed E-state index contributed by atoms with van der Waals surface area (Å²) >= 11 is 0. The van der Waals surface area contributed by atoms with Crippen LogP contribution in [0.5, 0.6) is 0 Å². The molecule has 1 unspecified atom stereocenters. The van der Waals surface area contributed by atoms with Crippen LogP contribution in [0.2, 0.25) is 0 Å². The summed E-state index contributed by atoms with van der Waals surface area (Å²) in [5.74, 6) is 0. The van der Waals surface area contributed by atoms with Gasteiger partial charge in [-0.3, -0.25) is 0 Å². The number of nitrogens with one attached hydrogen (secondary N) is 2. The Balaban J connectivity index is 1.78. The van der Waals surface area contributed by atoms with E-state index in [1.807, 2.05) is 0 Å². The van der Waals surface area contributed by atoms with Gasteiger partial charge < -0.3 is 10.3 Å². The van der Waals surface area contributed by atoms with Crippen molar-refractivity contribution in [3.63, 3.8) is 0 Å². The van der Waals surface area contributed by atoms with Gasteiger partial charge in [-0.05, 0) is 47.6 Å². The maximum absolute atomic E-state index is 3.69. The fourth-order valence-corrected chi connectivity index (χ4v) is 3.80. The molecule has 0 saturated carbocycles. The molecule has 0 amide bonds. The van der Waals surface area contributed by atoms with Crippen molar-refractivity contribution in [1.82, 2.24) is 10.3 Å². The lowest BCUT2D eigenvalue weighted by Crippen LogP contribution is -2.30. The van der Waals surface area contributed by atoms with E-state index < -0.39 is 0 Å². The lowest BCUT2D eigenvalue weighted by Gasteiger charge is -2.26. The molecule has 2 nitrogen and oxygen atoms in total. The van der Waals surface area contributed by atoms with Gasteiger partial charge in [-0.25, -0.2) is 0 Å². The van der Waals surface area contributed by atoms with E-state index in [-0.39, 0.29) is 11.5 Å². The van der Waals surface area contributed by atoms with Crippen LogP contribution in [0.4, 0.5) is 0 Å². The zero-order valence-electron chi connectivity index (χ0n) is 15.0. The molecule has 1 aliphatic rings. The Morgan fingerprint density at radius 2 is 1.75 bits per heavy atom. The average molecular weight is 318 g/mol. The van der Waals surface area contributed by atoms with Gasteiger partial charge in [0.05, 0.1) is 6.04 Å². The number of aryl methyl sites for hydroxylation is 1. The summed E-state index contributed by atoms with van der Waals surface area (Å²) in [6.45, 7) is 9.99. The van der Waals surface area contributed by atoms with Gasteiger partial charge in [-0.15, -0.1) is 0 Å². The van der Waals surface area contributed by atoms with E-state index in [4.69, 9.17) is 0 Å². The van der Waals surface area contributed by atoms with E-state index in [1.165, 1.54) is 38.9 Å². The molecule has 1 aromatic heterocycles. The Morgan fingerprint density at radius 3 is 2.46 bits per heavy atom. The summed E-state index contributed by atoms with van der Waals surface area (Å²) in [5, 5.41) is 5.09. The number of fused-ring (bicyclic) bond motifs is 3. The van der Waals surface area contributed by atoms with Gasteiger partial charge in [-0.1, -0.05) is 56.7 Å². The van der Waals surface area contributed by atoms with Gasteiger partial charge in [0.1, 0.15) is 0 Å². The molecule has 0 aliphatic carbocycles. The minimum absolute atomic E-state index is 0.197. The lowest BCUT2D eigenvalue weighted by atomic mass is 9.85. The van der Waals surface area contributed by atoms with Crippen molar-refractivity contribution in [2.24, 2.45) is 0 Å². The average Bonchev–Trinajstić information content (AvgIpc) is 2.92. The second-order valence-corrected chi connectivity index (χ2v) is 8.08. The van der Waals surface area contributed by atoms with Crippen LogP contribution in [0.1, 0.15) is 54.8 Å². The van der Waals surface area contributed by atoms with Crippen LogP contribution in [0, 0.1) is 6.92 Å². The Hall–Kier alpha value is -2.06. The van der Waals surface area contributed by atoms with Crippen molar-refractivity contribution in [2.75, 3.05) is 6.54 Å². The molecular formula is C22H26N2. The van der Waals surface area contributed by atoms with Crippen LogP contribution in [-0.4, -0.2) is 11.5 Å². The van der Waals surface area contributed by atoms with Crippen LogP contribution >= 0.6 is 0 Å². The number of H-pyrrole nitrogens is 1. The highest BCUT2D eigenvalue weighted by Gasteiger charge is 2.25. The van der Waals surface area contributed by atoms with E-state index in [9.17, 15) is 0 Å². The van der Waals surface area contributed by atoms with E-state index in [2.05, 4.69) is 80.5 Å². The fourth-order valence-electron chi connectivity index (χ4n) is 3.80. The molecule has 24 heavy (non-hydrogen) atoms. The van der Waals surface area contributed by atoms with Crippen molar-refractivity contribution in [3.05, 3.63) is 70.4 Å². The third kappa shape index (κ3) is 2.55. The standard InChI is InChI=1S/C22H26N2/c1-14-5-10-19-18(13-14)17-11-12-23-20(21(17)24-19)15-6-8-16(9-7-15)22(2,3)4/h5-10,13,20,23-24H,11-12H2,1-4H3. The topological polar surface area (TPSA) is 27.8 Å². The highest BCUT2D eigenvalue weighted by molar-refractivity contribution is 5.86. The molecular weight excluding hydrogens is 292 g/mol. The Kier molecular flexibility index (Phi) is 3.54. The Bertz CT molecular complexity index is 879. The first-order valence-corrected chi connectivity index (χ1v) is 8.88. The highest BCUT2D eigenvalue weighted by atomic mass is 15.0. The van der Waals surface area contributed by atoms with Crippen LogP contribution < -0.4 is 5.32 Å². The molecule has 0 bridgehead atoms. The maximum atomic E-state index is 3.69. The third-order valence-electron chi connectivity index (χ3n) is 5.22. The number of aromatic nitrogens is 1. The SMILES string of the molecule is Cc1ccc2[nH]c3c(c2c1)CCNC3c1ccc(C(C)(C)C)cc1. The molecule has 3 aromatic rings. The molecule has 4 rings (SSSR count).